The number of carbonyl (C=O) groups excluding carboxylic acids is 4. The molecule has 0 aliphatic heterocycles. The number of esters is 4. The number of aliphatic hydroxyl groups excluding tert-OH is 1. The van der Waals surface area contributed by atoms with Crippen LogP contribution in [0.15, 0.2) is 134 Å². The Morgan fingerprint density at radius 3 is 1.00 bits per heavy atom. The van der Waals surface area contributed by atoms with Crippen LogP contribution in [0.25, 0.3) is 0 Å². The summed E-state index contributed by atoms with van der Waals surface area (Å²) in [7, 11) is -9.98. The van der Waals surface area contributed by atoms with E-state index in [-0.39, 0.29) is 25.7 Å². The van der Waals surface area contributed by atoms with Gasteiger partial charge < -0.3 is 33.8 Å². The Labute approximate surface area is 567 Å². The van der Waals surface area contributed by atoms with E-state index < -0.39 is 97.5 Å². The molecule has 5 unspecified atom stereocenters. The summed E-state index contributed by atoms with van der Waals surface area (Å²) in [6.45, 7) is 4.34. The molecule has 0 aromatic carbocycles. The quantitative estimate of drug-likeness (QED) is 0.0169. The van der Waals surface area contributed by atoms with Crippen molar-refractivity contribution in [2.45, 2.75) is 277 Å². The first-order valence-corrected chi connectivity index (χ1v) is 38.4. The van der Waals surface area contributed by atoms with Crippen LogP contribution in [0.3, 0.4) is 0 Å². The van der Waals surface area contributed by atoms with Gasteiger partial charge in [-0.05, 0) is 128 Å². The summed E-state index contributed by atoms with van der Waals surface area (Å²) in [4.78, 5) is 72.5. The lowest BCUT2D eigenvalue weighted by Gasteiger charge is -2.21. The van der Waals surface area contributed by atoms with Crippen LogP contribution in [0.2, 0.25) is 0 Å². The maximum absolute atomic E-state index is 13.0. The predicted octanol–water partition coefficient (Wildman–Crippen LogP) is 19.8. The predicted molar refractivity (Wildman–Crippen MR) is 381 cm³/mol. The van der Waals surface area contributed by atoms with Gasteiger partial charge in [0.05, 0.1) is 32.8 Å². The highest BCUT2D eigenvalue weighted by molar-refractivity contribution is 7.47. The average molecular weight is 1360 g/mol. The van der Waals surface area contributed by atoms with Crippen LogP contribution in [0.1, 0.15) is 259 Å². The smallest absolute Gasteiger partial charge is 0.462 e. The van der Waals surface area contributed by atoms with Gasteiger partial charge in [0.2, 0.25) is 0 Å². The molecule has 536 valence electrons. The number of rotatable bonds is 65. The molecule has 0 aromatic heterocycles. The SMILES string of the molecule is CC/C=C\C/C=C\C/C=C\C/C=C\C/C=C\CC(=O)OCC(COP(=O)(O)OCC(O)COP(=O)(O)OCC(COC(=O)CCCCCCC/C=C\C/C=C\CCC)OC(=O)CCCCCCC/C=C\CCCC)OC(=O)CCCCCCC/C=C\C/C=C\C/C=C\CC. The summed E-state index contributed by atoms with van der Waals surface area (Å²) in [5.74, 6) is -2.38. The zero-order chi connectivity index (χ0) is 69.0. The molecule has 0 rings (SSSR count). The van der Waals surface area contributed by atoms with Crippen LogP contribution in [0.4, 0.5) is 0 Å². The molecule has 94 heavy (non-hydrogen) atoms. The number of unbranched alkanes of at least 4 members (excludes halogenated alkanes) is 18. The molecule has 0 spiro atoms. The number of hydrogen-bond acceptors (Lipinski definition) is 15. The van der Waals surface area contributed by atoms with Crippen LogP contribution >= 0.6 is 15.6 Å². The van der Waals surface area contributed by atoms with Gasteiger partial charge >= 0.3 is 39.5 Å². The standard InChI is InChI=1S/C75H124O17P2/c1-5-9-13-17-21-25-29-32-34-37-41-44-48-52-56-60-73(78)86-66-71(92-75(80)62-58-54-50-46-42-38-35-33-30-26-22-18-14-10-6-2)68-90-94(83,84)88-64-69(76)63-87-93(81,82)89-67-70(91-74(79)61-57-53-49-45-39-28-24-20-16-12-8-4)65-85-72(77)59-55-51-47-43-40-36-31-27-23-19-15-11-7-3/h9-10,13-15,19-22,24-27,31-35,41,44,52,56,69-71,76H,5-8,11-12,16-18,23,28-30,36-40,42-43,45-51,53-55,57-68H2,1-4H3,(H,81,82)(H,83,84)/b13-9-,14-10-,19-15-,24-20-,25-21-,26-22-,31-27-,34-32-,35-33-,44-41-,56-52-. The molecule has 19 heteroatoms. The van der Waals surface area contributed by atoms with E-state index in [9.17, 15) is 43.2 Å². The van der Waals surface area contributed by atoms with E-state index in [0.717, 1.165) is 167 Å². The lowest BCUT2D eigenvalue weighted by molar-refractivity contribution is -0.161. The van der Waals surface area contributed by atoms with Crippen molar-refractivity contribution in [3.05, 3.63) is 134 Å². The molecule has 0 saturated carbocycles. The second kappa shape index (κ2) is 66.8. The van der Waals surface area contributed by atoms with Gasteiger partial charge in [-0.1, -0.05) is 238 Å². The fourth-order valence-electron chi connectivity index (χ4n) is 8.74. The van der Waals surface area contributed by atoms with E-state index in [0.29, 0.717) is 25.7 Å². The van der Waals surface area contributed by atoms with Crippen LogP contribution < -0.4 is 0 Å². The zero-order valence-electron chi connectivity index (χ0n) is 58.1. The second-order valence-electron chi connectivity index (χ2n) is 23.1. The van der Waals surface area contributed by atoms with Gasteiger partial charge in [0.15, 0.2) is 12.2 Å². The molecule has 0 heterocycles. The van der Waals surface area contributed by atoms with Crippen LogP contribution in [0, 0.1) is 0 Å². The molecule has 0 amide bonds. The van der Waals surface area contributed by atoms with Crippen LogP contribution in [-0.4, -0.2) is 96.7 Å². The van der Waals surface area contributed by atoms with Crippen molar-refractivity contribution in [1.29, 1.82) is 0 Å². The van der Waals surface area contributed by atoms with Crippen molar-refractivity contribution in [1.82, 2.24) is 0 Å². The Kier molecular flexibility index (Phi) is 63.4. The second-order valence-corrected chi connectivity index (χ2v) is 26.0. The van der Waals surface area contributed by atoms with E-state index in [1.807, 2.05) is 18.2 Å². The third kappa shape index (κ3) is 65.8. The number of hydrogen-bond donors (Lipinski definition) is 3. The molecule has 0 aliphatic rings. The third-order valence-electron chi connectivity index (χ3n) is 14.1. The number of allylic oxidation sites excluding steroid dienone is 21. The van der Waals surface area contributed by atoms with Crippen molar-refractivity contribution in [3.63, 3.8) is 0 Å². The van der Waals surface area contributed by atoms with Crippen molar-refractivity contribution < 1.29 is 80.2 Å². The summed E-state index contributed by atoms with van der Waals surface area (Å²) >= 11 is 0. The van der Waals surface area contributed by atoms with Gasteiger partial charge in [-0.15, -0.1) is 0 Å². The Morgan fingerprint density at radius 1 is 0.319 bits per heavy atom. The van der Waals surface area contributed by atoms with Crippen molar-refractivity contribution in [3.8, 4) is 0 Å². The zero-order valence-corrected chi connectivity index (χ0v) is 59.9. The highest BCUT2D eigenvalue weighted by Crippen LogP contribution is 2.45. The minimum atomic E-state index is -5.00. The number of carbonyl (C=O) groups is 4. The van der Waals surface area contributed by atoms with E-state index in [1.54, 1.807) is 6.08 Å². The first-order chi connectivity index (χ1) is 45.7. The highest BCUT2D eigenvalue weighted by Gasteiger charge is 2.30. The summed E-state index contributed by atoms with van der Waals surface area (Å²) in [5, 5.41) is 10.6. The molecule has 0 fully saturated rings. The van der Waals surface area contributed by atoms with Gasteiger partial charge in [0.25, 0.3) is 0 Å². The Bertz CT molecular complexity index is 2310. The summed E-state index contributed by atoms with van der Waals surface area (Å²) in [6.07, 6.45) is 72.1. The van der Waals surface area contributed by atoms with Crippen LogP contribution in [0.5, 0.6) is 0 Å². The Balaban J connectivity index is 5.43. The first-order valence-electron chi connectivity index (χ1n) is 35.4. The minimum absolute atomic E-state index is 0.0521. The number of ether oxygens (including phenoxy) is 4. The lowest BCUT2D eigenvalue weighted by Crippen LogP contribution is -2.30. The molecule has 3 N–H and O–H groups in total. The number of aliphatic hydroxyl groups is 1. The van der Waals surface area contributed by atoms with Gasteiger partial charge in [-0.2, -0.15) is 0 Å². The van der Waals surface area contributed by atoms with E-state index in [2.05, 4.69) is 137 Å². The highest BCUT2D eigenvalue weighted by atomic mass is 31.2. The fraction of sp³-hybridized carbons (Fsp3) is 0.653. The summed E-state index contributed by atoms with van der Waals surface area (Å²) in [6, 6.07) is 0. The Hall–Kier alpha value is -4.80. The van der Waals surface area contributed by atoms with Gasteiger partial charge in [0.1, 0.15) is 19.3 Å². The normalized spacial score (nSPS) is 14.8. The largest absolute Gasteiger partial charge is 0.472 e. The number of phosphoric acid groups is 2. The molecule has 5 atom stereocenters. The topological polar surface area (TPSA) is 237 Å². The molecule has 17 nitrogen and oxygen atoms in total. The average Bonchev–Trinajstić information content (AvgIpc) is 1.36. The molecular formula is C75H124O17P2. The first kappa shape index (κ1) is 89.2. The van der Waals surface area contributed by atoms with Crippen molar-refractivity contribution >= 4 is 39.5 Å². The minimum Gasteiger partial charge on any atom is -0.462 e. The van der Waals surface area contributed by atoms with E-state index >= 15 is 0 Å². The molecule has 0 aromatic rings. The van der Waals surface area contributed by atoms with Gasteiger partial charge in [-0.25, -0.2) is 9.13 Å². The van der Waals surface area contributed by atoms with Crippen molar-refractivity contribution in [2.75, 3.05) is 39.6 Å². The maximum Gasteiger partial charge on any atom is 0.472 e. The van der Waals surface area contributed by atoms with Crippen molar-refractivity contribution in [2.24, 2.45) is 0 Å². The number of phosphoric ester groups is 2. The van der Waals surface area contributed by atoms with Gasteiger partial charge in [0, 0.05) is 19.3 Å². The monoisotopic (exact) mass is 1360 g/mol. The van der Waals surface area contributed by atoms with E-state index in [4.69, 9.17) is 37.0 Å². The van der Waals surface area contributed by atoms with Crippen LogP contribution in [-0.2, 0) is 65.4 Å². The summed E-state index contributed by atoms with van der Waals surface area (Å²) < 4.78 is 68.1. The molecule has 0 saturated heterocycles. The third-order valence-corrected chi connectivity index (χ3v) is 16.0. The maximum atomic E-state index is 13.0. The Morgan fingerprint density at radius 2 is 0.617 bits per heavy atom. The molecular weight excluding hydrogens is 1230 g/mol. The molecule has 0 bridgehead atoms. The lowest BCUT2D eigenvalue weighted by atomic mass is 10.1. The summed E-state index contributed by atoms with van der Waals surface area (Å²) in [5.41, 5.74) is 0. The fourth-order valence-corrected chi connectivity index (χ4v) is 10.3. The van der Waals surface area contributed by atoms with E-state index in [1.165, 1.54) is 12.8 Å². The van der Waals surface area contributed by atoms with Gasteiger partial charge in [-0.3, -0.25) is 37.3 Å². The molecule has 0 radical (unpaired) electrons. The molecule has 0 aliphatic carbocycles.